The quantitative estimate of drug-likeness (QED) is 0.0422. The molecular formula is C60H121NO21. The van der Waals surface area contributed by atoms with Gasteiger partial charge in [-0.25, -0.2) is 0 Å². The first-order valence-corrected chi connectivity index (χ1v) is 31.5. The third kappa shape index (κ3) is 80.3. The molecule has 0 spiro atoms. The van der Waals surface area contributed by atoms with Crippen molar-refractivity contribution in [3.05, 3.63) is 0 Å². The van der Waals surface area contributed by atoms with Crippen molar-refractivity contribution in [2.45, 2.75) is 142 Å². The second-order valence-corrected chi connectivity index (χ2v) is 19.0. The van der Waals surface area contributed by atoms with Gasteiger partial charge in [0.25, 0.3) is 0 Å². The molecule has 0 aliphatic heterocycles. The van der Waals surface area contributed by atoms with Crippen LogP contribution in [0.5, 0.6) is 0 Å². The molecule has 0 aromatic carbocycles. The third-order valence-corrected chi connectivity index (χ3v) is 11.7. The van der Waals surface area contributed by atoms with E-state index in [1.54, 1.807) is 0 Å². The Kier molecular flexibility index (Phi) is 79.5. The lowest BCUT2D eigenvalue weighted by Crippen LogP contribution is -2.27. The molecule has 82 heavy (non-hydrogen) atoms. The Morgan fingerprint density at radius 2 is 0.463 bits per heavy atom. The summed E-state index contributed by atoms with van der Waals surface area (Å²) in [7, 11) is 0. The molecule has 0 fully saturated rings. The maximum atomic E-state index is 11.9. The standard InChI is InChI=1S/C30H61NO10.C30H60O11/c1-2-3-4-5-6-7-8-9-10-11-30(33)31-12-14-34-16-18-36-20-22-38-24-26-40-28-29-41-27-25-39-23-21-37-19-17-35-15-13-32;1-2-3-4-5-6-7-8-9-10-11-30(32)41-29-28-40-27-26-39-25-24-38-23-22-37-21-20-36-19-18-35-17-16-34-15-14-33-13-12-31/h32H,2-29H2,1H3,(H,31,33);31H,2-29H2,1H3. The van der Waals surface area contributed by atoms with E-state index >= 15 is 0 Å². The topological polar surface area (TPSA) is 244 Å². The maximum absolute atomic E-state index is 11.9. The minimum atomic E-state index is -0.136. The van der Waals surface area contributed by atoms with Gasteiger partial charge in [-0.3, -0.25) is 9.59 Å². The number of aliphatic hydroxyl groups excluding tert-OH is 2. The van der Waals surface area contributed by atoms with E-state index in [0.717, 1.165) is 25.7 Å². The summed E-state index contributed by atoms with van der Waals surface area (Å²) in [6.45, 7) is 20.8. The lowest BCUT2D eigenvalue weighted by molar-refractivity contribution is -0.145. The second kappa shape index (κ2) is 79.2. The molecule has 0 bridgehead atoms. The molecule has 3 N–H and O–H groups in total. The minimum absolute atomic E-state index is 0.0257. The summed E-state index contributed by atoms with van der Waals surface area (Å²) in [5.41, 5.74) is 0. The number of nitrogens with one attached hydrogen (secondary N) is 1. The molecule has 0 rings (SSSR count). The van der Waals surface area contributed by atoms with Crippen LogP contribution in [0.15, 0.2) is 0 Å². The lowest BCUT2D eigenvalue weighted by atomic mass is 10.1. The SMILES string of the molecule is CCCCCCCCCCCC(=O)NCCOCCOCCOCCOCCOCCOCCOCCOCCO.CCCCCCCCCCCC(=O)OCCOCCOCCOCCOCCOCCOCCOCCOCCO. The molecule has 0 aliphatic carbocycles. The monoisotopic (exact) mass is 1190 g/mol. The van der Waals surface area contributed by atoms with E-state index in [9.17, 15) is 9.59 Å². The zero-order chi connectivity index (χ0) is 59.5. The van der Waals surface area contributed by atoms with Crippen molar-refractivity contribution in [2.75, 3.05) is 238 Å². The maximum Gasteiger partial charge on any atom is 0.305 e. The summed E-state index contributed by atoms with van der Waals surface area (Å²) in [6.07, 6.45) is 23.5. The van der Waals surface area contributed by atoms with Crippen LogP contribution in [0.4, 0.5) is 0 Å². The van der Waals surface area contributed by atoms with Crippen LogP contribution in [0.3, 0.4) is 0 Å². The van der Waals surface area contributed by atoms with E-state index < -0.39 is 0 Å². The number of rotatable bonds is 72. The average Bonchev–Trinajstić information content (AvgIpc) is 3.48. The predicted molar refractivity (Wildman–Crippen MR) is 315 cm³/mol. The Balaban J connectivity index is 0. The molecule has 492 valence electrons. The van der Waals surface area contributed by atoms with Gasteiger partial charge < -0.3 is 96.1 Å². The van der Waals surface area contributed by atoms with Gasteiger partial charge in [0, 0.05) is 19.4 Å². The molecule has 0 atom stereocenters. The minimum Gasteiger partial charge on any atom is -0.463 e. The van der Waals surface area contributed by atoms with Gasteiger partial charge in [-0.05, 0) is 12.8 Å². The number of aliphatic hydroxyl groups is 2. The van der Waals surface area contributed by atoms with Crippen LogP contribution in [0.1, 0.15) is 142 Å². The van der Waals surface area contributed by atoms with Crippen LogP contribution in [0, 0.1) is 0 Å². The Morgan fingerprint density at radius 1 is 0.256 bits per heavy atom. The van der Waals surface area contributed by atoms with Gasteiger partial charge in [-0.1, -0.05) is 117 Å². The van der Waals surface area contributed by atoms with Crippen molar-refractivity contribution in [3.63, 3.8) is 0 Å². The Bertz CT molecular complexity index is 1090. The summed E-state index contributed by atoms with van der Waals surface area (Å²) in [5, 5.41) is 20.1. The van der Waals surface area contributed by atoms with Crippen molar-refractivity contribution < 1.29 is 100 Å². The molecule has 0 heterocycles. The zero-order valence-corrected chi connectivity index (χ0v) is 51.7. The third-order valence-electron chi connectivity index (χ3n) is 11.7. The van der Waals surface area contributed by atoms with E-state index in [2.05, 4.69) is 19.2 Å². The van der Waals surface area contributed by atoms with Crippen molar-refractivity contribution in [1.82, 2.24) is 5.32 Å². The first-order valence-electron chi connectivity index (χ1n) is 31.5. The number of hydrogen-bond donors (Lipinski definition) is 3. The molecule has 0 aromatic rings. The van der Waals surface area contributed by atoms with Gasteiger partial charge in [0.05, 0.1) is 225 Å². The fourth-order valence-corrected chi connectivity index (χ4v) is 7.23. The number of carbonyl (C=O) groups is 2. The van der Waals surface area contributed by atoms with Crippen LogP contribution in [-0.4, -0.2) is 260 Å². The van der Waals surface area contributed by atoms with Crippen molar-refractivity contribution in [1.29, 1.82) is 0 Å². The van der Waals surface area contributed by atoms with Crippen molar-refractivity contribution in [3.8, 4) is 0 Å². The number of esters is 1. The molecule has 0 radical (unpaired) electrons. The normalized spacial score (nSPS) is 11.4. The number of hydrogen-bond acceptors (Lipinski definition) is 21. The highest BCUT2D eigenvalue weighted by atomic mass is 16.6. The number of carbonyl (C=O) groups excluding carboxylic acids is 2. The smallest absolute Gasteiger partial charge is 0.305 e. The Hall–Kier alpha value is -1.78. The summed E-state index contributed by atoms with van der Waals surface area (Å²) < 4.78 is 91.3. The molecule has 22 heteroatoms. The van der Waals surface area contributed by atoms with E-state index in [-0.39, 0.29) is 31.7 Å². The van der Waals surface area contributed by atoms with E-state index in [1.807, 2.05) is 0 Å². The summed E-state index contributed by atoms with van der Waals surface area (Å²) in [6, 6.07) is 0. The van der Waals surface area contributed by atoms with E-state index in [0.29, 0.717) is 231 Å². The van der Waals surface area contributed by atoms with Gasteiger partial charge >= 0.3 is 5.97 Å². The molecule has 0 saturated carbocycles. The lowest BCUT2D eigenvalue weighted by Gasteiger charge is -2.09. The van der Waals surface area contributed by atoms with Gasteiger partial charge in [-0.2, -0.15) is 0 Å². The molecule has 1 amide bonds. The molecular weight excluding hydrogens is 1070 g/mol. The van der Waals surface area contributed by atoms with Gasteiger partial charge in [0.15, 0.2) is 0 Å². The summed E-state index contributed by atoms with van der Waals surface area (Å²) in [4.78, 5) is 23.6. The van der Waals surface area contributed by atoms with Crippen LogP contribution in [0.25, 0.3) is 0 Å². The van der Waals surface area contributed by atoms with Crippen LogP contribution < -0.4 is 5.32 Å². The first kappa shape index (κ1) is 82.3. The largest absolute Gasteiger partial charge is 0.463 e. The number of unbranched alkanes of at least 4 members (excludes halogenated alkanes) is 16. The van der Waals surface area contributed by atoms with Gasteiger partial charge in [0.1, 0.15) is 6.61 Å². The van der Waals surface area contributed by atoms with Crippen molar-refractivity contribution in [2.24, 2.45) is 0 Å². The number of amides is 1. The summed E-state index contributed by atoms with van der Waals surface area (Å²) >= 11 is 0. The highest BCUT2D eigenvalue weighted by Crippen LogP contribution is 2.12. The highest BCUT2D eigenvalue weighted by Gasteiger charge is 2.05. The first-order chi connectivity index (χ1) is 40.6. The fraction of sp³-hybridized carbons (Fsp3) is 0.967. The van der Waals surface area contributed by atoms with Crippen LogP contribution >= 0.6 is 0 Å². The fourth-order valence-electron chi connectivity index (χ4n) is 7.23. The molecule has 0 saturated heterocycles. The molecule has 0 aliphatic rings. The van der Waals surface area contributed by atoms with Crippen LogP contribution in [0.2, 0.25) is 0 Å². The summed E-state index contributed by atoms with van der Waals surface area (Å²) in [5.74, 6) is -0.0223. The zero-order valence-electron chi connectivity index (χ0n) is 51.7. The van der Waals surface area contributed by atoms with E-state index in [1.165, 1.54) is 89.9 Å². The molecule has 0 aromatic heterocycles. The van der Waals surface area contributed by atoms with E-state index in [4.69, 9.17) is 90.7 Å². The molecule has 22 nitrogen and oxygen atoms in total. The predicted octanol–water partition coefficient (Wildman–Crippen LogP) is 6.72. The Morgan fingerprint density at radius 3 is 0.720 bits per heavy atom. The second-order valence-electron chi connectivity index (χ2n) is 19.0. The number of ether oxygens (including phenoxy) is 17. The molecule has 0 unspecified atom stereocenters. The Labute approximate surface area is 496 Å². The van der Waals surface area contributed by atoms with Crippen molar-refractivity contribution >= 4 is 11.9 Å². The van der Waals surface area contributed by atoms with Gasteiger partial charge in [0.2, 0.25) is 5.91 Å². The highest BCUT2D eigenvalue weighted by molar-refractivity contribution is 5.75. The average molecular weight is 1190 g/mol. The van der Waals surface area contributed by atoms with Gasteiger partial charge in [-0.15, -0.1) is 0 Å². The van der Waals surface area contributed by atoms with Crippen LogP contribution in [-0.2, 0) is 90.1 Å².